The van der Waals surface area contributed by atoms with Gasteiger partial charge in [-0.3, -0.25) is 9.59 Å². The molecule has 1 fully saturated rings. The molecule has 1 aromatic carbocycles. The van der Waals surface area contributed by atoms with Crippen LogP contribution in [-0.4, -0.2) is 42.6 Å². The number of rotatable bonds is 11. The lowest BCUT2D eigenvalue weighted by atomic mass is 9.85. The van der Waals surface area contributed by atoms with Crippen molar-refractivity contribution in [2.24, 2.45) is 5.92 Å². The van der Waals surface area contributed by atoms with Gasteiger partial charge in [0.05, 0.1) is 10.6 Å². The summed E-state index contributed by atoms with van der Waals surface area (Å²) in [5.41, 5.74) is 0.827. The lowest BCUT2D eigenvalue weighted by Crippen LogP contribution is -2.41. The largest absolute Gasteiger partial charge is 0.352 e. The molecule has 204 valence electrons. The first-order chi connectivity index (χ1) is 18.3. The molecule has 0 aliphatic heterocycles. The number of aromatic nitrogens is 1. The number of carbonyl (C=O) groups excluding carboxylic acids is 2. The van der Waals surface area contributed by atoms with E-state index >= 15 is 0 Å². The lowest BCUT2D eigenvalue weighted by Gasteiger charge is -2.30. The summed E-state index contributed by atoms with van der Waals surface area (Å²) in [5.74, 6) is -0.636. The highest BCUT2D eigenvalue weighted by atomic mass is 35.5. The van der Waals surface area contributed by atoms with Crippen LogP contribution in [0, 0.1) is 11.7 Å². The Morgan fingerprint density at radius 2 is 2.05 bits per heavy atom. The monoisotopic (exact) mass is 542 g/mol. The average Bonchev–Trinajstić information content (AvgIpc) is 3.32. The van der Waals surface area contributed by atoms with E-state index in [-0.39, 0.29) is 51.5 Å². The minimum absolute atomic E-state index is 0.0372. The van der Waals surface area contributed by atoms with Gasteiger partial charge >= 0.3 is 0 Å². The molecule has 0 bridgehead atoms. The highest BCUT2D eigenvalue weighted by Crippen LogP contribution is 2.37. The van der Waals surface area contributed by atoms with Crippen molar-refractivity contribution in [1.82, 2.24) is 15.8 Å². The van der Waals surface area contributed by atoms with Gasteiger partial charge < -0.3 is 20.1 Å². The number of halogens is 2. The van der Waals surface area contributed by atoms with Crippen LogP contribution in [0.25, 0.3) is 11.3 Å². The Balaban J connectivity index is 1.78. The highest BCUT2D eigenvalue weighted by molar-refractivity contribution is 6.33. The number of anilines is 1. The van der Waals surface area contributed by atoms with E-state index in [2.05, 4.69) is 22.4 Å². The molecule has 7 nitrogen and oxygen atoms in total. The number of amides is 2. The molecule has 2 amide bonds. The number of hydrogen-bond donors (Lipinski definition) is 2. The molecule has 2 atom stereocenters. The maximum absolute atomic E-state index is 14.8. The van der Waals surface area contributed by atoms with Crippen molar-refractivity contribution >= 4 is 29.3 Å². The summed E-state index contributed by atoms with van der Waals surface area (Å²) in [4.78, 5) is 28.1. The smallest absolute Gasteiger partial charge is 0.259 e. The number of hydrogen-bond acceptors (Lipinski definition) is 5. The highest BCUT2D eigenvalue weighted by Gasteiger charge is 2.32. The Bertz CT molecular complexity index is 1180. The lowest BCUT2D eigenvalue weighted by molar-refractivity contribution is -0.117. The van der Waals surface area contributed by atoms with Crippen molar-refractivity contribution in [3.63, 3.8) is 0 Å². The minimum atomic E-state index is -0.581. The predicted octanol–water partition coefficient (Wildman–Crippen LogP) is 6.07. The first kappa shape index (κ1) is 29.2. The SMILES string of the molecule is C=CC=C(C=CC)C(=O)NCC1CCCC(NC(=O)c2c(-c3c(F)cccc3Cl)noc2N(CC)CC)C1. The first-order valence-electron chi connectivity index (χ1n) is 13.1. The number of carbonyl (C=O) groups is 2. The van der Waals surface area contributed by atoms with Crippen LogP contribution in [0.3, 0.4) is 0 Å². The molecule has 38 heavy (non-hydrogen) atoms. The van der Waals surface area contributed by atoms with Crippen LogP contribution < -0.4 is 15.5 Å². The first-order valence-corrected chi connectivity index (χ1v) is 13.5. The third-order valence-electron chi connectivity index (χ3n) is 6.73. The van der Waals surface area contributed by atoms with Crippen LogP contribution in [0.4, 0.5) is 10.3 Å². The van der Waals surface area contributed by atoms with E-state index in [1.54, 1.807) is 30.4 Å². The second kappa shape index (κ2) is 14.0. The molecule has 0 saturated heterocycles. The van der Waals surface area contributed by atoms with Crippen molar-refractivity contribution in [2.45, 2.75) is 52.5 Å². The summed E-state index contributed by atoms with van der Waals surface area (Å²) in [5, 5.41) is 10.3. The van der Waals surface area contributed by atoms with Crippen LogP contribution in [0.1, 0.15) is 56.8 Å². The van der Waals surface area contributed by atoms with Crippen molar-refractivity contribution < 1.29 is 18.5 Å². The zero-order chi connectivity index (χ0) is 27.7. The molecule has 0 spiro atoms. The summed E-state index contributed by atoms with van der Waals surface area (Å²) in [6.07, 6.45) is 10.2. The van der Waals surface area contributed by atoms with Crippen molar-refractivity contribution in [3.8, 4) is 11.3 Å². The Labute approximate surface area is 228 Å². The van der Waals surface area contributed by atoms with E-state index in [0.29, 0.717) is 31.6 Å². The average molecular weight is 543 g/mol. The van der Waals surface area contributed by atoms with Crippen molar-refractivity contribution in [3.05, 3.63) is 71.1 Å². The van der Waals surface area contributed by atoms with Crippen molar-refractivity contribution in [2.75, 3.05) is 24.5 Å². The standard InChI is InChI=1S/C29H36ClFN4O3/c1-5-11-20(12-6-2)27(36)32-18-19-13-9-14-21(17-19)33-28(37)25-26(24-22(30)15-10-16-23(24)31)34-38-29(25)35(7-3)8-4/h5-6,10-12,15-16,19,21H,1,7-9,13-14,17-18H2,2-4H3,(H,32,36)(H,33,37). The molecule has 2 N–H and O–H groups in total. The number of nitrogens with one attached hydrogen (secondary N) is 2. The summed E-state index contributed by atoms with van der Waals surface area (Å²) in [7, 11) is 0. The van der Waals surface area contributed by atoms with E-state index in [9.17, 15) is 14.0 Å². The summed E-state index contributed by atoms with van der Waals surface area (Å²) in [6, 6.07) is 4.22. The molecule has 1 aliphatic rings. The van der Waals surface area contributed by atoms with Gasteiger partial charge in [0.15, 0.2) is 0 Å². The maximum atomic E-state index is 14.8. The van der Waals surface area contributed by atoms with Gasteiger partial charge in [-0.2, -0.15) is 0 Å². The van der Waals surface area contributed by atoms with E-state index < -0.39 is 5.82 Å². The third-order valence-corrected chi connectivity index (χ3v) is 7.04. The van der Waals surface area contributed by atoms with Gasteiger partial charge in [0.2, 0.25) is 5.88 Å². The van der Waals surface area contributed by atoms with Gasteiger partial charge in [0.1, 0.15) is 17.1 Å². The second-order valence-electron chi connectivity index (χ2n) is 9.25. The van der Waals surface area contributed by atoms with E-state index in [1.165, 1.54) is 12.1 Å². The summed E-state index contributed by atoms with van der Waals surface area (Å²) >= 11 is 6.32. The number of benzene rings is 1. The molecule has 0 radical (unpaired) electrons. The fourth-order valence-electron chi connectivity index (χ4n) is 4.83. The van der Waals surface area contributed by atoms with Crippen LogP contribution in [0.15, 0.2) is 59.2 Å². The molecule has 1 aliphatic carbocycles. The van der Waals surface area contributed by atoms with Gasteiger partial charge in [-0.15, -0.1) is 0 Å². The Morgan fingerprint density at radius 1 is 1.29 bits per heavy atom. The van der Waals surface area contributed by atoms with E-state index in [1.807, 2.05) is 25.7 Å². The van der Waals surface area contributed by atoms with Gasteiger partial charge in [0, 0.05) is 31.2 Å². The third kappa shape index (κ3) is 6.92. The zero-order valence-corrected chi connectivity index (χ0v) is 23.0. The van der Waals surface area contributed by atoms with Crippen LogP contribution >= 0.6 is 11.6 Å². The molecule has 3 rings (SSSR count). The van der Waals surface area contributed by atoms with Crippen LogP contribution in [0.2, 0.25) is 5.02 Å². The fourth-order valence-corrected chi connectivity index (χ4v) is 5.08. The fraction of sp³-hybridized carbons (Fsp3) is 0.414. The van der Waals surface area contributed by atoms with E-state index in [0.717, 1.165) is 19.3 Å². The maximum Gasteiger partial charge on any atom is 0.259 e. The van der Waals surface area contributed by atoms with Crippen molar-refractivity contribution in [1.29, 1.82) is 0 Å². The Morgan fingerprint density at radius 3 is 2.71 bits per heavy atom. The summed E-state index contributed by atoms with van der Waals surface area (Å²) in [6.45, 7) is 11.1. The van der Waals surface area contributed by atoms with Gasteiger partial charge in [-0.1, -0.05) is 60.1 Å². The molecule has 9 heteroatoms. The zero-order valence-electron chi connectivity index (χ0n) is 22.2. The molecule has 2 aromatic rings. The Kier molecular flexibility index (Phi) is 10.7. The van der Waals surface area contributed by atoms with Crippen LogP contribution in [0.5, 0.6) is 0 Å². The molecular formula is C29H36ClFN4O3. The normalized spacial score (nSPS) is 17.9. The van der Waals surface area contributed by atoms with Gasteiger partial charge in [-0.05, 0) is 58.1 Å². The molecule has 1 heterocycles. The van der Waals surface area contributed by atoms with Gasteiger partial charge in [-0.25, -0.2) is 4.39 Å². The molecular weight excluding hydrogens is 507 g/mol. The predicted molar refractivity (Wildman–Crippen MR) is 150 cm³/mol. The molecule has 1 aromatic heterocycles. The summed E-state index contributed by atoms with van der Waals surface area (Å²) < 4.78 is 20.4. The number of allylic oxidation sites excluding steroid dienone is 3. The minimum Gasteiger partial charge on any atom is -0.352 e. The molecule has 1 saturated carbocycles. The Hall–Kier alpha value is -3.39. The van der Waals surface area contributed by atoms with Crippen LogP contribution in [-0.2, 0) is 4.79 Å². The van der Waals surface area contributed by atoms with E-state index in [4.69, 9.17) is 16.1 Å². The van der Waals surface area contributed by atoms with Gasteiger partial charge in [0.25, 0.3) is 11.8 Å². The topological polar surface area (TPSA) is 87.5 Å². The number of nitrogens with zero attached hydrogens (tertiary/aromatic N) is 2. The molecule has 2 unspecified atom stereocenters. The quantitative estimate of drug-likeness (QED) is 0.266. The second-order valence-corrected chi connectivity index (χ2v) is 9.66.